The molecular weight excluding hydrogens is 275 g/mol. The van der Waals surface area contributed by atoms with Gasteiger partial charge < -0.3 is 9.90 Å². The lowest BCUT2D eigenvalue weighted by molar-refractivity contribution is -0.255. The second-order valence-corrected chi connectivity index (χ2v) is 4.12. The Balaban J connectivity index is 1.97. The van der Waals surface area contributed by atoms with E-state index in [1.807, 2.05) is 0 Å². The monoisotopic (exact) mass is 285 g/mol. The third-order valence-electron chi connectivity index (χ3n) is 2.63. The molecule has 2 aromatic carbocycles. The van der Waals surface area contributed by atoms with Gasteiger partial charge in [-0.2, -0.15) is 5.10 Å². The van der Waals surface area contributed by atoms with Crippen LogP contribution in [0.25, 0.3) is 0 Å². The summed E-state index contributed by atoms with van der Waals surface area (Å²) in [6.45, 7) is 0. The van der Waals surface area contributed by atoms with Gasteiger partial charge in [0.05, 0.1) is 12.2 Å². The third kappa shape index (κ3) is 3.97. The van der Waals surface area contributed by atoms with Crippen LogP contribution in [0.3, 0.4) is 0 Å². The van der Waals surface area contributed by atoms with Crippen molar-refractivity contribution in [1.82, 2.24) is 5.43 Å². The fourth-order valence-electron chi connectivity index (χ4n) is 1.54. The van der Waals surface area contributed by atoms with E-state index in [-0.39, 0.29) is 11.1 Å². The number of amides is 1. The van der Waals surface area contributed by atoms with Crippen LogP contribution in [0.15, 0.2) is 53.6 Å². The molecule has 0 heterocycles. The highest BCUT2D eigenvalue weighted by atomic mass is 19.1. The minimum atomic E-state index is -1.26. The smallest absolute Gasteiger partial charge is 0.271 e. The number of halogens is 1. The van der Waals surface area contributed by atoms with Crippen LogP contribution in [0.1, 0.15) is 26.3 Å². The maximum atomic E-state index is 12.7. The summed E-state index contributed by atoms with van der Waals surface area (Å²) in [5, 5.41) is 14.3. The Bertz CT molecular complexity index is 679. The Labute approximate surface area is 119 Å². The molecule has 1 N–H and O–H groups in total. The summed E-state index contributed by atoms with van der Waals surface area (Å²) in [5.41, 5.74) is 3.23. The Morgan fingerprint density at radius 2 is 1.57 bits per heavy atom. The van der Waals surface area contributed by atoms with Crippen LogP contribution in [-0.4, -0.2) is 18.1 Å². The zero-order valence-corrected chi connectivity index (χ0v) is 10.7. The lowest BCUT2D eigenvalue weighted by atomic mass is 10.1. The fourth-order valence-corrected chi connectivity index (χ4v) is 1.54. The van der Waals surface area contributed by atoms with E-state index in [1.54, 1.807) is 0 Å². The van der Waals surface area contributed by atoms with Crippen molar-refractivity contribution in [3.8, 4) is 0 Å². The topological polar surface area (TPSA) is 81.6 Å². The molecule has 0 unspecified atom stereocenters. The molecule has 0 spiro atoms. The molecule has 0 aliphatic carbocycles. The molecule has 0 atom stereocenters. The minimum absolute atomic E-state index is 0.0579. The number of hydrogen-bond donors (Lipinski definition) is 1. The number of carbonyl (C=O) groups excluding carboxylic acids is 2. The average Bonchev–Trinajstić information content (AvgIpc) is 2.48. The molecule has 6 heteroatoms. The summed E-state index contributed by atoms with van der Waals surface area (Å²) in [4.78, 5) is 22.2. The van der Waals surface area contributed by atoms with E-state index >= 15 is 0 Å². The zero-order valence-electron chi connectivity index (χ0n) is 10.7. The van der Waals surface area contributed by atoms with Gasteiger partial charge in [-0.25, -0.2) is 9.82 Å². The first-order valence-electron chi connectivity index (χ1n) is 5.96. The molecule has 0 radical (unpaired) electrons. The molecule has 0 saturated carbocycles. The van der Waals surface area contributed by atoms with Gasteiger partial charge in [-0.1, -0.05) is 24.3 Å². The molecule has 1 amide bonds. The highest BCUT2D eigenvalue weighted by Crippen LogP contribution is 2.03. The van der Waals surface area contributed by atoms with Crippen LogP contribution in [0.2, 0.25) is 0 Å². The average molecular weight is 285 g/mol. The lowest BCUT2D eigenvalue weighted by Crippen LogP contribution is -2.22. The molecule has 5 nitrogen and oxygen atoms in total. The molecule has 106 valence electrons. The Morgan fingerprint density at radius 3 is 2.14 bits per heavy atom. The van der Waals surface area contributed by atoms with Crippen molar-refractivity contribution >= 4 is 18.1 Å². The largest absolute Gasteiger partial charge is 0.545 e. The van der Waals surface area contributed by atoms with Crippen LogP contribution in [0, 0.1) is 5.82 Å². The van der Waals surface area contributed by atoms with Gasteiger partial charge in [-0.05, 0) is 35.4 Å². The van der Waals surface area contributed by atoms with Crippen molar-refractivity contribution in [3.05, 3.63) is 71.0 Å². The predicted molar refractivity (Wildman–Crippen MR) is 72.2 cm³/mol. The number of nitrogens with one attached hydrogen (secondary N) is 1. The van der Waals surface area contributed by atoms with Gasteiger partial charge >= 0.3 is 0 Å². The summed E-state index contributed by atoms with van der Waals surface area (Å²) >= 11 is 0. The Kier molecular flexibility index (Phi) is 4.40. The van der Waals surface area contributed by atoms with Gasteiger partial charge in [0, 0.05) is 5.56 Å². The molecule has 2 rings (SSSR count). The van der Waals surface area contributed by atoms with E-state index in [0.717, 1.165) is 0 Å². The van der Waals surface area contributed by atoms with Crippen molar-refractivity contribution in [2.75, 3.05) is 0 Å². The van der Waals surface area contributed by atoms with Crippen LogP contribution in [-0.2, 0) is 0 Å². The standard InChI is InChI=1S/C15H11FN2O3/c16-13-7-5-11(6-8-13)14(19)18-17-9-10-1-3-12(4-2-10)15(20)21/h1-9H,(H,18,19)(H,20,21)/p-1/b17-9+. The summed E-state index contributed by atoms with van der Waals surface area (Å²) in [6.07, 6.45) is 1.36. The number of carboxylic acid groups (broad SMARTS) is 1. The van der Waals surface area contributed by atoms with E-state index in [4.69, 9.17) is 0 Å². The predicted octanol–water partition coefficient (Wildman–Crippen LogP) is 0.953. The van der Waals surface area contributed by atoms with Crippen LogP contribution in [0.5, 0.6) is 0 Å². The van der Waals surface area contributed by atoms with Gasteiger partial charge in [0.1, 0.15) is 5.82 Å². The molecule has 0 aromatic heterocycles. The molecule has 0 fully saturated rings. The number of hydrazone groups is 1. The van der Waals surface area contributed by atoms with Crippen LogP contribution in [0.4, 0.5) is 4.39 Å². The van der Waals surface area contributed by atoms with E-state index in [0.29, 0.717) is 5.56 Å². The maximum absolute atomic E-state index is 12.7. The number of carbonyl (C=O) groups is 2. The summed E-state index contributed by atoms with van der Waals surface area (Å²) < 4.78 is 12.7. The van der Waals surface area contributed by atoms with Crippen molar-refractivity contribution < 1.29 is 19.1 Å². The first-order valence-corrected chi connectivity index (χ1v) is 5.96. The van der Waals surface area contributed by atoms with Gasteiger partial charge in [-0.15, -0.1) is 0 Å². The normalized spacial score (nSPS) is 10.5. The molecule has 21 heavy (non-hydrogen) atoms. The van der Waals surface area contributed by atoms with Gasteiger partial charge in [0.15, 0.2) is 0 Å². The van der Waals surface area contributed by atoms with E-state index in [9.17, 15) is 19.1 Å². The van der Waals surface area contributed by atoms with E-state index in [1.165, 1.54) is 54.7 Å². The summed E-state index contributed by atoms with van der Waals surface area (Å²) in [6, 6.07) is 10.8. The van der Waals surface area contributed by atoms with Gasteiger partial charge in [-0.3, -0.25) is 4.79 Å². The highest BCUT2D eigenvalue weighted by molar-refractivity contribution is 5.95. The van der Waals surface area contributed by atoms with E-state index in [2.05, 4.69) is 10.5 Å². The van der Waals surface area contributed by atoms with Crippen molar-refractivity contribution in [2.45, 2.75) is 0 Å². The number of rotatable bonds is 4. The third-order valence-corrected chi connectivity index (χ3v) is 2.63. The molecule has 0 saturated heterocycles. The fraction of sp³-hybridized carbons (Fsp3) is 0. The number of carboxylic acids is 1. The highest BCUT2D eigenvalue weighted by Gasteiger charge is 2.03. The minimum Gasteiger partial charge on any atom is -0.545 e. The first-order chi connectivity index (χ1) is 10.1. The maximum Gasteiger partial charge on any atom is 0.271 e. The molecule has 2 aromatic rings. The number of hydrogen-bond acceptors (Lipinski definition) is 4. The van der Waals surface area contributed by atoms with Crippen LogP contribution < -0.4 is 10.5 Å². The molecule has 0 aliphatic heterocycles. The second-order valence-electron chi connectivity index (χ2n) is 4.12. The van der Waals surface area contributed by atoms with Crippen LogP contribution >= 0.6 is 0 Å². The summed E-state index contributed by atoms with van der Waals surface area (Å²) in [5.74, 6) is -2.16. The second kappa shape index (κ2) is 6.42. The Hall–Kier alpha value is -3.02. The molecule has 0 aliphatic rings. The zero-order chi connectivity index (χ0) is 15.2. The number of nitrogens with zero attached hydrogens (tertiary/aromatic N) is 1. The van der Waals surface area contributed by atoms with Crippen molar-refractivity contribution in [1.29, 1.82) is 0 Å². The first kappa shape index (κ1) is 14.4. The molecule has 0 bridgehead atoms. The number of benzene rings is 2. The van der Waals surface area contributed by atoms with Crippen molar-refractivity contribution in [3.63, 3.8) is 0 Å². The summed E-state index contributed by atoms with van der Waals surface area (Å²) in [7, 11) is 0. The van der Waals surface area contributed by atoms with Gasteiger partial charge in [0.25, 0.3) is 5.91 Å². The Morgan fingerprint density at radius 1 is 1.00 bits per heavy atom. The van der Waals surface area contributed by atoms with Crippen molar-refractivity contribution in [2.24, 2.45) is 5.10 Å². The van der Waals surface area contributed by atoms with E-state index < -0.39 is 17.7 Å². The quantitative estimate of drug-likeness (QED) is 0.671. The molecular formula is C15H10FN2O3-. The lowest BCUT2D eigenvalue weighted by Gasteiger charge is -2.02. The van der Waals surface area contributed by atoms with Gasteiger partial charge in [0.2, 0.25) is 0 Å². The number of aromatic carboxylic acids is 1. The SMILES string of the molecule is O=C([O-])c1ccc(/C=N/NC(=O)c2ccc(F)cc2)cc1.